The Hall–Kier alpha value is -4.08. The first-order valence-electron chi connectivity index (χ1n) is 16.9. The van der Waals surface area contributed by atoms with Crippen molar-refractivity contribution in [1.29, 1.82) is 0 Å². The minimum absolute atomic E-state index is 0.0139. The number of hydrogen-bond acceptors (Lipinski definition) is 3. The topological polar surface area (TPSA) is 48.4 Å². The number of furan rings is 1. The number of ether oxygens (including phenoxy) is 1. The molecule has 1 heterocycles. The van der Waals surface area contributed by atoms with Crippen LogP contribution in [0.25, 0.3) is 11.0 Å². The maximum absolute atomic E-state index is 5.65. The highest BCUT2D eigenvalue weighted by molar-refractivity contribution is 5.81. The molecule has 0 saturated heterocycles. The monoisotopic (exact) mass is 617 g/mol. The SMILES string of the molecule is C=C(OC)C(N)CCC.CCc1c(CCc2cccc(C)c2)ccc2ccoc12.CCc1ccccc1CCc1cccc(C)c1. The molecular weight excluding hydrogens is 562 g/mol. The molecule has 2 N–H and O–H groups in total. The smallest absolute Gasteiger partial charge is 0.137 e. The minimum atomic E-state index is 0.0139. The predicted molar refractivity (Wildman–Crippen MR) is 198 cm³/mol. The summed E-state index contributed by atoms with van der Waals surface area (Å²) in [7, 11) is 1.60. The van der Waals surface area contributed by atoms with Gasteiger partial charge in [0.05, 0.1) is 19.4 Å². The van der Waals surface area contributed by atoms with Gasteiger partial charge in [-0.3, -0.25) is 0 Å². The fourth-order valence-electron chi connectivity index (χ4n) is 5.82. The van der Waals surface area contributed by atoms with Crippen LogP contribution in [0.15, 0.2) is 114 Å². The summed E-state index contributed by atoms with van der Waals surface area (Å²) >= 11 is 0. The van der Waals surface area contributed by atoms with E-state index in [-0.39, 0.29) is 6.04 Å². The van der Waals surface area contributed by atoms with Gasteiger partial charge in [0.25, 0.3) is 0 Å². The Kier molecular flexibility index (Phi) is 15.4. The van der Waals surface area contributed by atoms with Crippen molar-refractivity contribution in [1.82, 2.24) is 0 Å². The third kappa shape index (κ3) is 11.4. The highest BCUT2D eigenvalue weighted by Gasteiger charge is 2.09. The molecular formula is C43H55NO2. The maximum Gasteiger partial charge on any atom is 0.137 e. The number of aryl methyl sites for hydroxylation is 8. The lowest BCUT2D eigenvalue weighted by molar-refractivity contribution is 0.262. The van der Waals surface area contributed by atoms with Crippen LogP contribution in [0.2, 0.25) is 0 Å². The van der Waals surface area contributed by atoms with Gasteiger partial charge in [-0.1, -0.05) is 130 Å². The molecule has 46 heavy (non-hydrogen) atoms. The van der Waals surface area contributed by atoms with Crippen LogP contribution in [-0.2, 0) is 43.3 Å². The lowest BCUT2D eigenvalue weighted by Crippen LogP contribution is -2.22. The van der Waals surface area contributed by atoms with E-state index in [0.29, 0.717) is 5.76 Å². The third-order valence-corrected chi connectivity index (χ3v) is 8.48. The fourth-order valence-corrected chi connectivity index (χ4v) is 5.82. The van der Waals surface area contributed by atoms with Crippen molar-refractivity contribution in [2.45, 2.75) is 92.0 Å². The van der Waals surface area contributed by atoms with E-state index in [2.05, 4.69) is 126 Å². The van der Waals surface area contributed by atoms with Crippen LogP contribution in [-0.4, -0.2) is 13.2 Å². The van der Waals surface area contributed by atoms with E-state index in [9.17, 15) is 0 Å². The zero-order valence-electron chi connectivity index (χ0n) is 29.1. The third-order valence-electron chi connectivity index (χ3n) is 8.48. The molecule has 244 valence electrons. The summed E-state index contributed by atoms with van der Waals surface area (Å²) in [6.45, 7) is 14.5. The van der Waals surface area contributed by atoms with Gasteiger partial charge in [0.1, 0.15) is 11.3 Å². The molecule has 0 spiro atoms. The van der Waals surface area contributed by atoms with Crippen molar-refractivity contribution in [3.63, 3.8) is 0 Å². The van der Waals surface area contributed by atoms with E-state index < -0.39 is 0 Å². The van der Waals surface area contributed by atoms with Crippen molar-refractivity contribution in [2.75, 3.05) is 7.11 Å². The lowest BCUT2D eigenvalue weighted by atomic mass is 9.96. The van der Waals surface area contributed by atoms with Crippen LogP contribution < -0.4 is 5.73 Å². The number of rotatable bonds is 12. The Bertz CT molecular complexity index is 1630. The molecule has 0 saturated carbocycles. The first-order valence-corrected chi connectivity index (χ1v) is 16.9. The molecule has 1 unspecified atom stereocenters. The lowest BCUT2D eigenvalue weighted by Gasteiger charge is -2.11. The number of hydrogen-bond donors (Lipinski definition) is 1. The van der Waals surface area contributed by atoms with E-state index >= 15 is 0 Å². The molecule has 5 aromatic rings. The molecule has 3 nitrogen and oxygen atoms in total. The molecule has 0 aliphatic heterocycles. The molecule has 0 fully saturated rings. The average Bonchev–Trinajstić information content (AvgIpc) is 3.56. The van der Waals surface area contributed by atoms with Crippen molar-refractivity contribution >= 4 is 11.0 Å². The van der Waals surface area contributed by atoms with Crippen LogP contribution >= 0.6 is 0 Å². The van der Waals surface area contributed by atoms with Crippen molar-refractivity contribution in [2.24, 2.45) is 5.73 Å². The van der Waals surface area contributed by atoms with Gasteiger partial charge in [0.15, 0.2) is 0 Å². The standard InChI is InChI=1S/C19H20O.C17H20.C7H15NO/c1-3-18-16(9-10-17-11-12-20-19(17)18)8-7-15-6-4-5-14(2)13-15;1-3-16-9-4-5-10-17(16)12-11-15-8-6-7-14(2)13-15;1-4-5-7(8)6(2)9-3/h4-6,9-13H,3,7-8H2,1-2H3;4-10,13H,3,11-12H2,1-2H3;7H,2,4-5,8H2,1,3H3. The number of fused-ring (bicyclic) bond motifs is 1. The van der Waals surface area contributed by atoms with E-state index in [1.165, 1.54) is 49.9 Å². The van der Waals surface area contributed by atoms with Gasteiger partial charge in [-0.2, -0.15) is 0 Å². The van der Waals surface area contributed by atoms with Crippen molar-refractivity contribution in [3.05, 3.63) is 154 Å². The van der Waals surface area contributed by atoms with Crippen LogP contribution in [0.1, 0.15) is 78.1 Å². The van der Waals surface area contributed by atoms with Crippen molar-refractivity contribution < 1.29 is 9.15 Å². The quantitative estimate of drug-likeness (QED) is 0.142. The zero-order valence-corrected chi connectivity index (χ0v) is 29.1. The summed E-state index contributed by atoms with van der Waals surface area (Å²) in [5.41, 5.74) is 18.0. The summed E-state index contributed by atoms with van der Waals surface area (Å²) in [6, 6.07) is 32.9. The van der Waals surface area contributed by atoms with E-state index in [0.717, 1.165) is 56.9 Å². The Labute approximate surface area is 278 Å². The first-order chi connectivity index (χ1) is 22.3. The van der Waals surface area contributed by atoms with Gasteiger partial charge in [-0.15, -0.1) is 0 Å². The molecule has 0 aliphatic rings. The fraction of sp³-hybridized carbons (Fsp3) is 0.349. The van der Waals surface area contributed by atoms with E-state index in [1.54, 1.807) is 13.4 Å². The number of nitrogens with two attached hydrogens (primary N) is 1. The molecule has 0 amide bonds. The van der Waals surface area contributed by atoms with Crippen LogP contribution in [0, 0.1) is 13.8 Å². The van der Waals surface area contributed by atoms with Crippen LogP contribution in [0.3, 0.4) is 0 Å². The highest BCUT2D eigenvalue weighted by atomic mass is 16.5. The predicted octanol–water partition coefficient (Wildman–Crippen LogP) is 10.7. The molecule has 5 rings (SSSR count). The maximum atomic E-state index is 5.65. The van der Waals surface area contributed by atoms with Crippen LogP contribution in [0.4, 0.5) is 0 Å². The van der Waals surface area contributed by atoms with Gasteiger partial charge in [-0.25, -0.2) is 0 Å². The molecule has 0 aliphatic carbocycles. The molecule has 3 heteroatoms. The second-order valence-corrected chi connectivity index (χ2v) is 12.1. The molecule has 0 bridgehead atoms. The summed E-state index contributed by atoms with van der Waals surface area (Å²) < 4.78 is 10.5. The second-order valence-electron chi connectivity index (χ2n) is 12.1. The zero-order chi connectivity index (χ0) is 33.3. The molecule has 1 aromatic heterocycles. The highest BCUT2D eigenvalue weighted by Crippen LogP contribution is 2.25. The molecule has 1 atom stereocenters. The number of methoxy groups -OCH3 is 1. The summed E-state index contributed by atoms with van der Waals surface area (Å²) in [6.07, 6.45) is 10.4. The summed E-state index contributed by atoms with van der Waals surface area (Å²) in [5, 5.41) is 1.21. The number of benzene rings is 4. The van der Waals surface area contributed by atoms with Gasteiger partial charge in [0, 0.05) is 5.39 Å². The minimum Gasteiger partial charge on any atom is -0.500 e. The van der Waals surface area contributed by atoms with Crippen LogP contribution in [0.5, 0.6) is 0 Å². The van der Waals surface area contributed by atoms with Gasteiger partial charge in [-0.05, 0) is 98.2 Å². The Balaban J connectivity index is 0.000000202. The summed E-state index contributed by atoms with van der Waals surface area (Å²) in [4.78, 5) is 0. The normalized spacial score (nSPS) is 11.2. The first kappa shape index (κ1) is 36.4. The van der Waals surface area contributed by atoms with Gasteiger partial charge < -0.3 is 14.9 Å². The largest absolute Gasteiger partial charge is 0.500 e. The molecule has 0 radical (unpaired) electrons. The Morgan fingerprint density at radius 1 is 0.717 bits per heavy atom. The van der Waals surface area contributed by atoms with E-state index in [4.69, 9.17) is 14.9 Å². The molecule has 4 aromatic carbocycles. The second kappa shape index (κ2) is 19.4. The van der Waals surface area contributed by atoms with Gasteiger partial charge >= 0.3 is 0 Å². The Morgan fingerprint density at radius 3 is 1.87 bits per heavy atom. The summed E-state index contributed by atoms with van der Waals surface area (Å²) in [5.74, 6) is 0.678. The van der Waals surface area contributed by atoms with E-state index in [1.807, 2.05) is 6.07 Å². The average molecular weight is 618 g/mol. The van der Waals surface area contributed by atoms with Gasteiger partial charge in [0.2, 0.25) is 0 Å². The Morgan fingerprint density at radius 2 is 1.33 bits per heavy atom. The van der Waals surface area contributed by atoms with Crippen molar-refractivity contribution in [3.8, 4) is 0 Å².